The molecule has 0 bridgehead atoms. The Balaban J connectivity index is 1.72. The molecular formula is C18H28O2. The molecule has 3 fully saturated rings. The van der Waals surface area contributed by atoms with Gasteiger partial charge in [-0.15, -0.1) is 0 Å². The molecule has 3 aliphatic carbocycles. The van der Waals surface area contributed by atoms with E-state index in [0.29, 0.717) is 28.8 Å². The summed E-state index contributed by atoms with van der Waals surface area (Å²) in [6.07, 6.45) is 11.2. The van der Waals surface area contributed by atoms with E-state index in [0.717, 1.165) is 19.4 Å². The molecule has 6 atom stereocenters. The maximum Gasteiger partial charge on any atom is 0.0842 e. The highest BCUT2D eigenvalue weighted by atomic mass is 16.5. The van der Waals surface area contributed by atoms with Crippen molar-refractivity contribution in [3.63, 3.8) is 0 Å². The van der Waals surface area contributed by atoms with Crippen molar-refractivity contribution in [1.82, 2.24) is 0 Å². The molecule has 1 aliphatic heterocycles. The van der Waals surface area contributed by atoms with Gasteiger partial charge >= 0.3 is 0 Å². The molecule has 0 unspecified atom stereocenters. The van der Waals surface area contributed by atoms with Crippen molar-refractivity contribution in [3.8, 4) is 0 Å². The van der Waals surface area contributed by atoms with E-state index in [2.05, 4.69) is 19.9 Å². The third-order valence-corrected chi connectivity index (χ3v) is 7.23. The highest BCUT2D eigenvalue weighted by Crippen LogP contribution is 2.61. The van der Waals surface area contributed by atoms with E-state index in [1.165, 1.54) is 32.1 Å². The highest BCUT2D eigenvalue weighted by Gasteiger charge is 2.56. The van der Waals surface area contributed by atoms with Gasteiger partial charge in [-0.2, -0.15) is 0 Å². The second kappa shape index (κ2) is 4.33. The number of ether oxygens (including phenoxy) is 1. The number of fused-ring (bicyclic) bond motifs is 5. The van der Waals surface area contributed by atoms with Gasteiger partial charge in [-0.1, -0.05) is 26.3 Å². The SMILES string of the molecule is C[C@@]12CCO[C@H]1C1=CC[C@H]3[C@H](O)CCC[C@]3(C)[C@H]1CC2. The average molecular weight is 276 g/mol. The number of aliphatic hydroxyl groups is 1. The van der Waals surface area contributed by atoms with Crippen LogP contribution in [0.4, 0.5) is 0 Å². The molecule has 0 aromatic carbocycles. The van der Waals surface area contributed by atoms with Crippen molar-refractivity contribution >= 4 is 0 Å². The minimum Gasteiger partial charge on any atom is -0.393 e. The van der Waals surface area contributed by atoms with Gasteiger partial charge in [-0.05, 0) is 66.8 Å². The highest BCUT2D eigenvalue weighted by molar-refractivity contribution is 5.28. The van der Waals surface area contributed by atoms with Gasteiger partial charge in [0.25, 0.3) is 0 Å². The van der Waals surface area contributed by atoms with E-state index in [1.54, 1.807) is 5.57 Å². The third kappa shape index (κ3) is 1.64. The number of hydrogen-bond donors (Lipinski definition) is 1. The van der Waals surface area contributed by atoms with Gasteiger partial charge in [0.05, 0.1) is 12.2 Å². The largest absolute Gasteiger partial charge is 0.393 e. The molecule has 1 N–H and O–H groups in total. The predicted octanol–water partition coefficient (Wildman–Crippen LogP) is 3.69. The molecule has 0 aromatic heterocycles. The van der Waals surface area contributed by atoms with Crippen LogP contribution in [0.1, 0.15) is 58.8 Å². The Hall–Kier alpha value is -0.340. The summed E-state index contributed by atoms with van der Waals surface area (Å²) < 4.78 is 6.15. The lowest BCUT2D eigenvalue weighted by atomic mass is 9.49. The fourth-order valence-corrected chi connectivity index (χ4v) is 5.92. The fraction of sp³-hybridized carbons (Fsp3) is 0.889. The van der Waals surface area contributed by atoms with E-state index >= 15 is 0 Å². The first-order valence-electron chi connectivity index (χ1n) is 8.54. The topological polar surface area (TPSA) is 29.5 Å². The number of rotatable bonds is 0. The Labute approximate surface area is 122 Å². The standard InChI is InChI=1S/C18H28O2/c1-17-9-7-13-12(16(17)20-11-10-17)5-6-14-15(19)4-3-8-18(13,14)2/h5,13-16,19H,3-4,6-11H2,1-2H3/t13-,14-,15+,16-,17+,18+/m0/s1. The first kappa shape index (κ1) is 13.3. The van der Waals surface area contributed by atoms with E-state index in [1.807, 2.05) is 0 Å². The molecule has 2 heteroatoms. The summed E-state index contributed by atoms with van der Waals surface area (Å²) in [4.78, 5) is 0. The average Bonchev–Trinajstić information content (AvgIpc) is 2.80. The van der Waals surface area contributed by atoms with Crippen molar-refractivity contribution < 1.29 is 9.84 Å². The van der Waals surface area contributed by atoms with Gasteiger partial charge in [0, 0.05) is 6.61 Å². The lowest BCUT2D eigenvalue weighted by Crippen LogP contribution is -2.52. The molecule has 112 valence electrons. The van der Waals surface area contributed by atoms with Crippen LogP contribution in [0, 0.1) is 22.7 Å². The minimum absolute atomic E-state index is 0.0793. The zero-order valence-electron chi connectivity index (χ0n) is 12.9. The molecule has 0 spiro atoms. The molecule has 20 heavy (non-hydrogen) atoms. The molecule has 2 saturated carbocycles. The molecule has 1 heterocycles. The smallest absolute Gasteiger partial charge is 0.0842 e. The molecule has 4 rings (SSSR count). The van der Waals surface area contributed by atoms with Gasteiger partial charge in [0.15, 0.2) is 0 Å². The van der Waals surface area contributed by atoms with Crippen molar-refractivity contribution in [1.29, 1.82) is 0 Å². The van der Waals surface area contributed by atoms with Crippen LogP contribution >= 0.6 is 0 Å². The second-order valence-electron chi connectivity index (χ2n) is 8.26. The molecule has 0 radical (unpaired) electrons. The molecule has 1 saturated heterocycles. The van der Waals surface area contributed by atoms with Gasteiger partial charge in [0.1, 0.15) is 0 Å². The summed E-state index contributed by atoms with van der Waals surface area (Å²) in [6, 6.07) is 0. The van der Waals surface area contributed by atoms with Crippen molar-refractivity contribution in [3.05, 3.63) is 11.6 Å². The lowest BCUT2D eigenvalue weighted by Gasteiger charge is -2.56. The first-order chi connectivity index (χ1) is 9.55. The van der Waals surface area contributed by atoms with Crippen LogP contribution in [0.25, 0.3) is 0 Å². The van der Waals surface area contributed by atoms with Crippen LogP contribution in [0.2, 0.25) is 0 Å². The normalized spacial score (nSPS) is 54.6. The van der Waals surface area contributed by atoms with E-state index in [-0.39, 0.29) is 6.10 Å². The summed E-state index contributed by atoms with van der Waals surface area (Å²) in [5.41, 5.74) is 2.30. The fourth-order valence-electron chi connectivity index (χ4n) is 5.92. The van der Waals surface area contributed by atoms with Crippen LogP contribution in [0.3, 0.4) is 0 Å². The Morgan fingerprint density at radius 1 is 1.20 bits per heavy atom. The summed E-state index contributed by atoms with van der Waals surface area (Å²) in [5.74, 6) is 1.14. The molecule has 0 amide bonds. The van der Waals surface area contributed by atoms with Gasteiger partial charge in [-0.3, -0.25) is 0 Å². The predicted molar refractivity (Wildman–Crippen MR) is 79.3 cm³/mol. The third-order valence-electron chi connectivity index (χ3n) is 7.23. The Morgan fingerprint density at radius 2 is 2.05 bits per heavy atom. The van der Waals surface area contributed by atoms with Gasteiger partial charge in [-0.25, -0.2) is 0 Å². The number of hydrogen-bond acceptors (Lipinski definition) is 2. The lowest BCUT2D eigenvalue weighted by molar-refractivity contribution is -0.0725. The summed E-state index contributed by atoms with van der Waals surface area (Å²) in [6.45, 7) is 5.81. The Kier molecular flexibility index (Phi) is 2.89. The minimum atomic E-state index is -0.0793. The van der Waals surface area contributed by atoms with Crippen molar-refractivity contribution in [2.45, 2.75) is 71.0 Å². The monoisotopic (exact) mass is 276 g/mol. The van der Waals surface area contributed by atoms with Crippen LogP contribution in [-0.2, 0) is 4.74 Å². The number of allylic oxidation sites excluding steroid dienone is 1. The second-order valence-corrected chi connectivity index (χ2v) is 8.26. The zero-order chi connectivity index (χ0) is 14.0. The van der Waals surface area contributed by atoms with E-state index < -0.39 is 0 Å². The maximum absolute atomic E-state index is 10.4. The first-order valence-corrected chi connectivity index (χ1v) is 8.54. The summed E-state index contributed by atoms with van der Waals surface area (Å²) in [5, 5.41) is 10.4. The Morgan fingerprint density at radius 3 is 2.90 bits per heavy atom. The molecule has 4 aliphatic rings. The quantitative estimate of drug-likeness (QED) is 0.684. The van der Waals surface area contributed by atoms with Crippen LogP contribution in [-0.4, -0.2) is 23.9 Å². The molecular weight excluding hydrogens is 248 g/mol. The van der Waals surface area contributed by atoms with Crippen LogP contribution in [0.15, 0.2) is 11.6 Å². The van der Waals surface area contributed by atoms with E-state index in [9.17, 15) is 5.11 Å². The number of aliphatic hydroxyl groups excluding tert-OH is 1. The summed E-state index contributed by atoms with van der Waals surface area (Å²) >= 11 is 0. The van der Waals surface area contributed by atoms with Gasteiger partial charge in [0.2, 0.25) is 0 Å². The van der Waals surface area contributed by atoms with Crippen molar-refractivity contribution in [2.75, 3.05) is 6.61 Å². The summed E-state index contributed by atoms with van der Waals surface area (Å²) in [7, 11) is 0. The van der Waals surface area contributed by atoms with Crippen molar-refractivity contribution in [2.24, 2.45) is 22.7 Å². The molecule has 0 aromatic rings. The zero-order valence-corrected chi connectivity index (χ0v) is 12.9. The van der Waals surface area contributed by atoms with E-state index in [4.69, 9.17) is 4.74 Å². The Bertz CT molecular complexity index is 443. The van der Waals surface area contributed by atoms with Crippen LogP contribution < -0.4 is 0 Å². The van der Waals surface area contributed by atoms with Gasteiger partial charge < -0.3 is 9.84 Å². The molecule has 2 nitrogen and oxygen atoms in total. The van der Waals surface area contributed by atoms with Crippen LogP contribution in [0.5, 0.6) is 0 Å². The maximum atomic E-state index is 10.4.